The van der Waals surface area contributed by atoms with Gasteiger partial charge in [-0.2, -0.15) is 0 Å². The Morgan fingerprint density at radius 3 is 2.61 bits per heavy atom. The zero-order chi connectivity index (χ0) is 22.9. The van der Waals surface area contributed by atoms with Crippen molar-refractivity contribution in [2.24, 2.45) is 0 Å². The van der Waals surface area contributed by atoms with Crippen LogP contribution < -0.4 is 15.0 Å². The molecule has 5 rings (SSSR count). The summed E-state index contributed by atoms with van der Waals surface area (Å²) >= 11 is 0. The molecule has 0 bridgehead atoms. The van der Waals surface area contributed by atoms with Gasteiger partial charge in [0.1, 0.15) is 5.75 Å². The highest BCUT2D eigenvalue weighted by Crippen LogP contribution is 2.38. The third kappa shape index (κ3) is 4.19. The number of amides is 1. The van der Waals surface area contributed by atoms with Crippen LogP contribution in [-0.4, -0.2) is 17.6 Å². The van der Waals surface area contributed by atoms with E-state index in [9.17, 15) is 4.79 Å². The van der Waals surface area contributed by atoms with E-state index in [0.29, 0.717) is 11.7 Å². The van der Waals surface area contributed by atoms with Gasteiger partial charge in [-0.1, -0.05) is 44.2 Å². The Labute approximate surface area is 194 Å². The molecule has 4 aromatic rings. The molecule has 33 heavy (non-hydrogen) atoms. The van der Waals surface area contributed by atoms with Crippen LogP contribution >= 0.6 is 0 Å². The van der Waals surface area contributed by atoms with E-state index in [0.717, 1.165) is 24.2 Å². The highest BCUT2D eigenvalue weighted by molar-refractivity contribution is 5.86. The Morgan fingerprint density at radius 2 is 1.82 bits per heavy atom. The second kappa shape index (κ2) is 8.66. The van der Waals surface area contributed by atoms with Crippen molar-refractivity contribution in [1.29, 1.82) is 0 Å². The zero-order valence-electron chi connectivity index (χ0n) is 19.3. The number of anilines is 2. The molecule has 3 aromatic carbocycles. The van der Waals surface area contributed by atoms with Crippen LogP contribution in [0.3, 0.4) is 0 Å². The van der Waals surface area contributed by atoms with Crippen LogP contribution in [0.25, 0.3) is 10.9 Å². The maximum absolute atomic E-state index is 12.4. The normalized spacial score (nSPS) is 13.9. The zero-order valence-corrected chi connectivity index (χ0v) is 19.3. The molecule has 1 aliphatic rings. The van der Waals surface area contributed by atoms with Crippen molar-refractivity contribution >= 4 is 28.4 Å². The molecule has 168 valence electrons. The van der Waals surface area contributed by atoms with Gasteiger partial charge in [0.25, 0.3) is 0 Å². The lowest BCUT2D eigenvalue weighted by atomic mass is 10.0. The summed E-state index contributed by atoms with van der Waals surface area (Å²) in [6.07, 6.45) is 2.56. The van der Waals surface area contributed by atoms with Crippen molar-refractivity contribution in [3.05, 3.63) is 89.6 Å². The quantitative estimate of drug-likeness (QED) is 0.351. The number of rotatable bonds is 5. The first-order chi connectivity index (χ1) is 16.0. The van der Waals surface area contributed by atoms with Gasteiger partial charge in [-0.3, -0.25) is 5.32 Å². The van der Waals surface area contributed by atoms with Gasteiger partial charge in [0.15, 0.2) is 0 Å². The highest BCUT2D eigenvalue weighted by Gasteiger charge is 2.26. The number of hydrogen-bond acceptors (Lipinski definition) is 3. The summed E-state index contributed by atoms with van der Waals surface area (Å²) in [5, 5.41) is 4.07. The molecule has 0 saturated carbocycles. The molecule has 2 N–H and O–H groups in total. The third-order valence-electron chi connectivity index (χ3n) is 6.56. The fourth-order valence-electron chi connectivity index (χ4n) is 4.68. The monoisotopic (exact) mass is 439 g/mol. The number of aromatic amines is 1. The van der Waals surface area contributed by atoms with E-state index >= 15 is 0 Å². The Hall–Kier alpha value is -3.73. The summed E-state index contributed by atoms with van der Waals surface area (Å²) in [5.74, 6) is 1.02. The molecular formula is C28H29N3O2. The fraction of sp³-hybridized carbons (Fsp3) is 0.250. The van der Waals surface area contributed by atoms with Crippen molar-refractivity contribution in [1.82, 2.24) is 4.98 Å². The molecule has 0 fully saturated rings. The largest absolute Gasteiger partial charge is 0.417 e. The molecule has 2 heterocycles. The van der Waals surface area contributed by atoms with Crippen LogP contribution in [0.2, 0.25) is 0 Å². The summed E-state index contributed by atoms with van der Waals surface area (Å²) in [6, 6.07) is 22.4. The summed E-state index contributed by atoms with van der Waals surface area (Å²) in [6.45, 7) is 7.47. The van der Waals surface area contributed by atoms with Gasteiger partial charge >= 0.3 is 6.09 Å². The van der Waals surface area contributed by atoms with Crippen molar-refractivity contribution in [2.45, 2.75) is 39.2 Å². The average Bonchev–Trinajstić information content (AvgIpc) is 3.43. The maximum atomic E-state index is 12.4. The molecule has 1 amide bonds. The number of nitrogens with one attached hydrogen (secondary N) is 2. The SMILES string of the molecule is CC(C)c1ccc(NC(=O)Oc2ccc3c(c2)CCN3C(C)c2c[nH]c3ccccc23)cc1. The van der Waals surface area contributed by atoms with E-state index in [1.165, 1.54) is 27.8 Å². The lowest BCUT2D eigenvalue weighted by molar-refractivity contribution is 0.215. The third-order valence-corrected chi connectivity index (χ3v) is 6.56. The molecule has 0 spiro atoms. The topological polar surface area (TPSA) is 57.4 Å². The van der Waals surface area contributed by atoms with E-state index in [-0.39, 0.29) is 6.04 Å². The second-order valence-electron chi connectivity index (χ2n) is 8.99. The minimum absolute atomic E-state index is 0.242. The van der Waals surface area contributed by atoms with Crippen LogP contribution in [0.1, 0.15) is 49.4 Å². The Morgan fingerprint density at radius 1 is 1.03 bits per heavy atom. The molecule has 0 saturated heterocycles. The fourth-order valence-corrected chi connectivity index (χ4v) is 4.68. The minimum Gasteiger partial charge on any atom is -0.410 e. The Bertz CT molecular complexity index is 1290. The van der Waals surface area contributed by atoms with Gasteiger partial charge in [0, 0.05) is 35.0 Å². The van der Waals surface area contributed by atoms with Gasteiger partial charge < -0.3 is 14.6 Å². The summed E-state index contributed by atoms with van der Waals surface area (Å²) in [4.78, 5) is 18.2. The smallest absolute Gasteiger partial charge is 0.410 e. The molecule has 1 aliphatic heterocycles. The molecule has 0 aliphatic carbocycles. The number of benzene rings is 3. The first-order valence-electron chi connectivity index (χ1n) is 11.5. The average molecular weight is 440 g/mol. The number of nitrogens with zero attached hydrogens (tertiary/aromatic N) is 1. The number of carbonyl (C=O) groups is 1. The predicted molar refractivity (Wildman–Crippen MR) is 134 cm³/mol. The van der Waals surface area contributed by atoms with Gasteiger partial charge in [-0.15, -0.1) is 0 Å². The van der Waals surface area contributed by atoms with Crippen molar-refractivity contribution in [3.8, 4) is 5.75 Å². The Balaban J connectivity index is 1.28. The summed E-state index contributed by atoms with van der Waals surface area (Å²) in [7, 11) is 0. The number of hydrogen-bond donors (Lipinski definition) is 2. The number of carbonyl (C=O) groups excluding carboxylic acids is 1. The molecular weight excluding hydrogens is 410 g/mol. The molecule has 1 atom stereocenters. The Kier molecular flexibility index (Phi) is 5.55. The summed E-state index contributed by atoms with van der Waals surface area (Å²) < 4.78 is 5.57. The van der Waals surface area contributed by atoms with Gasteiger partial charge in [-0.25, -0.2) is 4.79 Å². The van der Waals surface area contributed by atoms with Crippen LogP contribution in [0.4, 0.5) is 16.2 Å². The van der Waals surface area contributed by atoms with E-state index in [4.69, 9.17) is 4.74 Å². The van der Waals surface area contributed by atoms with E-state index in [2.05, 4.69) is 72.5 Å². The minimum atomic E-state index is -0.478. The van der Waals surface area contributed by atoms with Crippen LogP contribution in [-0.2, 0) is 6.42 Å². The molecule has 1 unspecified atom stereocenters. The molecule has 1 aromatic heterocycles. The first-order valence-corrected chi connectivity index (χ1v) is 11.5. The van der Waals surface area contributed by atoms with Crippen LogP contribution in [0, 0.1) is 0 Å². The van der Waals surface area contributed by atoms with E-state index in [1.807, 2.05) is 36.4 Å². The van der Waals surface area contributed by atoms with Gasteiger partial charge in [-0.05, 0) is 72.4 Å². The number of aromatic nitrogens is 1. The van der Waals surface area contributed by atoms with Crippen molar-refractivity contribution < 1.29 is 9.53 Å². The molecule has 5 nitrogen and oxygen atoms in total. The van der Waals surface area contributed by atoms with Gasteiger partial charge in [0.05, 0.1) is 6.04 Å². The van der Waals surface area contributed by atoms with Crippen LogP contribution in [0.5, 0.6) is 5.75 Å². The number of fused-ring (bicyclic) bond motifs is 2. The first kappa shape index (κ1) is 21.1. The maximum Gasteiger partial charge on any atom is 0.417 e. The number of ether oxygens (including phenoxy) is 1. The predicted octanol–water partition coefficient (Wildman–Crippen LogP) is 7.03. The van der Waals surface area contributed by atoms with Crippen molar-refractivity contribution in [3.63, 3.8) is 0 Å². The highest BCUT2D eigenvalue weighted by atomic mass is 16.6. The molecule has 5 heteroatoms. The van der Waals surface area contributed by atoms with Gasteiger partial charge in [0.2, 0.25) is 0 Å². The lowest BCUT2D eigenvalue weighted by Crippen LogP contribution is -2.24. The summed E-state index contributed by atoms with van der Waals surface area (Å²) in [5.41, 5.74) is 6.82. The lowest BCUT2D eigenvalue weighted by Gasteiger charge is -2.27. The standard InChI is InChI=1S/C28H29N3O2/c1-18(2)20-8-10-22(11-9-20)30-28(32)33-23-12-13-27-21(16-23)14-15-31(27)19(3)25-17-29-26-7-5-4-6-24(25)26/h4-13,16-19,29H,14-15H2,1-3H3,(H,30,32). The van der Waals surface area contributed by atoms with Crippen LogP contribution in [0.15, 0.2) is 72.9 Å². The van der Waals surface area contributed by atoms with E-state index in [1.54, 1.807) is 0 Å². The molecule has 0 radical (unpaired) electrons. The van der Waals surface area contributed by atoms with E-state index < -0.39 is 6.09 Å². The number of H-pyrrole nitrogens is 1. The van der Waals surface area contributed by atoms with Crippen molar-refractivity contribution in [2.75, 3.05) is 16.8 Å². The number of para-hydroxylation sites is 1. The second-order valence-corrected chi connectivity index (χ2v) is 8.99.